The number of hydrogen-bond donors (Lipinski definition) is 2. The normalized spacial score (nSPS) is 14.3. The average molecular weight is 246 g/mol. The van der Waals surface area contributed by atoms with Gasteiger partial charge < -0.3 is 20.5 Å². The molecule has 17 heavy (non-hydrogen) atoms. The van der Waals surface area contributed by atoms with Crippen molar-refractivity contribution in [3.63, 3.8) is 0 Å². The molecule has 0 amide bonds. The van der Waals surface area contributed by atoms with Gasteiger partial charge in [0.15, 0.2) is 0 Å². The van der Waals surface area contributed by atoms with Crippen molar-refractivity contribution in [2.24, 2.45) is 11.1 Å². The van der Waals surface area contributed by atoms with Crippen LogP contribution in [0.2, 0.25) is 0 Å². The molecule has 0 heterocycles. The predicted molar refractivity (Wildman–Crippen MR) is 72.1 cm³/mol. The highest BCUT2D eigenvalue weighted by atomic mass is 16.5. The third-order valence-electron chi connectivity index (χ3n) is 2.73. The van der Waals surface area contributed by atoms with Crippen LogP contribution in [0.3, 0.4) is 0 Å². The lowest BCUT2D eigenvalue weighted by Gasteiger charge is -2.30. The maximum atomic E-state index is 9.79. The van der Waals surface area contributed by atoms with Gasteiger partial charge in [0.05, 0.1) is 12.7 Å². The Morgan fingerprint density at radius 2 is 2.06 bits per heavy atom. The lowest BCUT2D eigenvalue weighted by molar-refractivity contribution is 0.0153. The van der Waals surface area contributed by atoms with Gasteiger partial charge in [-0.05, 0) is 25.4 Å². The molecule has 1 atom stereocenters. The highest BCUT2D eigenvalue weighted by molar-refractivity contribution is 4.74. The maximum absolute atomic E-state index is 9.79. The zero-order valence-electron chi connectivity index (χ0n) is 11.9. The summed E-state index contributed by atoms with van der Waals surface area (Å²) in [6.45, 7) is 9.73. The van der Waals surface area contributed by atoms with E-state index in [1.165, 1.54) is 0 Å². The molecule has 0 spiro atoms. The van der Waals surface area contributed by atoms with Crippen molar-refractivity contribution in [3.8, 4) is 0 Å². The summed E-state index contributed by atoms with van der Waals surface area (Å²) in [6, 6.07) is 0. The van der Waals surface area contributed by atoms with Crippen LogP contribution in [0.25, 0.3) is 0 Å². The van der Waals surface area contributed by atoms with Gasteiger partial charge in [-0.25, -0.2) is 0 Å². The number of rotatable bonds is 10. The fraction of sp³-hybridized carbons (Fsp3) is 1.00. The van der Waals surface area contributed by atoms with E-state index in [1.807, 2.05) is 7.05 Å². The Kier molecular flexibility index (Phi) is 8.78. The van der Waals surface area contributed by atoms with Crippen LogP contribution in [0.15, 0.2) is 0 Å². The van der Waals surface area contributed by atoms with E-state index in [0.717, 1.165) is 26.0 Å². The van der Waals surface area contributed by atoms with Crippen molar-refractivity contribution in [2.45, 2.75) is 39.7 Å². The highest BCUT2D eigenvalue weighted by Gasteiger charge is 2.19. The fourth-order valence-corrected chi connectivity index (χ4v) is 1.74. The fourth-order valence-electron chi connectivity index (χ4n) is 1.74. The summed E-state index contributed by atoms with van der Waals surface area (Å²) in [4.78, 5) is 2.11. The van der Waals surface area contributed by atoms with Crippen LogP contribution in [0.1, 0.15) is 33.6 Å². The number of likely N-dealkylation sites (N-methyl/N-ethyl adjacent to an activating group) is 1. The Labute approximate surface area is 106 Å². The zero-order valence-corrected chi connectivity index (χ0v) is 11.9. The Morgan fingerprint density at radius 3 is 2.59 bits per heavy atom. The quantitative estimate of drug-likeness (QED) is 0.566. The number of nitrogens with zero attached hydrogens (tertiary/aromatic N) is 1. The van der Waals surface area contributed by atoms with Crippen LogP contribution < -0.4 is 5.73 Å². The van der Waals surface area contributed by atoms with Crippen LogP contribution in [-0.2, 0) is 4.74 Å². The Bertz CT molecular complexity index is 186. The first-order chi connectivity index (χ1) is 7.91. The summed E-state index contributed by atoms with van der Waals surface area (Å²) >= 11 is 0. The Morgan fingerprint density at radius 1 is 1.41 bits per heavy atom. The van der Waals surface area contributed by atoms with E-state index in [4.69, 9.17) is 10.5 Å². The molecule has 0 bridgehead atoms. The van der Waals surface area contributed by atoms with E-state index in [-0.39, 0.29) is 5.41 Å². The molecular formula is C13H30N2O2. The lowest BCUT2D eigenvalue weighted by Crippen LogP contribution is -2.41. The van der Waals surface area contributed by atoms with Gasteiger partial charge in [0.1, 0.15) is 0 Å². The molecule has 4 heteroatoms. The summed E-state index contributed by atoms with van der Waals surface area (Å²) in [5.74, 6) is 0. The van der Waals surface area contributed by atoms with Crippen molar-refractivity contribution in [2.75, 3.05) is 39.9 Å². The molecule has 0 saturated carbocycles. The van der Waals surface area contributed by atoms with Gasteiger partial charge in [-0.3, -0.25) is 0 Å². The predicted octanol–water partition coefficient (Wildman–Crippen LogP) is 1.08. The molecule has 104 valence electrons. The third kappa shape index (κ3) is 9.53. The molecule has 1 unspecified atom stereocenters. The summed E-state index contributed by atoms with van der Waals surface area (Å²) < 4.78 is 5.39. The van der Waals surface area contributed by atoms with Crippen LogP contribution in [0.5, 0.6) is 0 Å². The molecule has 0 rings (SSSR count). The minimum Gasteiger partial charge on any atom is -0.389 e. The molecule has 4 nitrogen and oxygen atoms in total. The van der Waals surface area contributed by atoms with Crippen molar-refractivity contribution < 1.29 is 9.84 Å². The summed E-state index contributed by atoms with van der Waals surface area (Å²) in [5.41, 5.74) is 5.78. The molecule has 0 aromatic carbocycles. The van der Waals surface area contributed by atoms with Crippen LogP contribution in [0.4, 0.5) is 0 Å². The first-order valence-electron chi connectivity index (χ1n) is 6.55. The van der Waals surface area contributed by atoms with E-state index < -0.39 is 6.10 Å². The molecule has 0 aliphatic heterocycles. The molecule has 0 aromatic rings. The summed E-state index contributed by atoms with van der Waals surface area (Å²) in [6.07, 6.45) is 1.77. The second kappa shape index (κ2) is 8.86. The number of aliphatic hydroxyl groups is 1. The van der Waals surface area contributed by atoms with Gasteiger partial charge in [0, 0.05) is 19.7 Å². The minimum atomic E-state index is -0.412. The lowest BCUT2D eigenvalue weighted by atomic mass is 9.93. The second-order valence-electron chi connectivity index (χ2n) is 5.65. The number of nitrogens with two attached hydrogens (primary N) is 1. The zero-order chi connectivity index (χ0) is 13.3. The summed E-state index contributed by atoms with van der Waals surface area (Å²) in [7, 11) is 2.01. The molecule has 3 N–H and O–H groups in total. The average Bonchev–Trinajstić information content (AvgIpc) is 2.23. The van der Waals surface area contributed by atoms with Crippen molar-refractivity contribution in [1.29, 1.82) is 0 Å². The van der Waals surface area contributed by atoms with Crippen LogP contribution in [-0.4, -0.2) is 56.0 Å². The highest BCUT2D eigenvalue weighted by Crippen LogP contribution is 2.13. The van der Waals surface area contributed by atoms with Crippen molar-refractivity contribution in [3.05, 3.63) is 0 Å². The van der Waals surface area contributed by atoms with Gasteiger partial charge in [-0.1, -0.05) is 27.2 Å². The van der Waals surface area contributed by atoms with E-state index in [1.54, 1.807) is 0 Å². The molecule has 0 aliphatic carbocycles. The smallest absolute Gasteiger partial charge is 0.0900 e. The maximum Gasteiger partial charge on any atom is 0.0900 e. The molecular weight excluding hydrogens is 216 g/mol. The standard InChI is InChI=1S/C13H30N2O2/c1-5-6-7-17-9-12(16)8-15(4)11-13(2,3)10-14/h12,16H,5-11,14H2,1-4H3. The SMILES string of the molecule is CCCCOCC(O)CN(C)CC(C)(C)CN. The largest absolute Gasteiger partial charge is 0.389 e. The van der Waals surface area contributed by atoms with Crippen LogP contribution >= 0.6 is 0 Å². The van der Waals surface area contributed by atoms with Gasteiger partial charge >= 0.3 is 0 Å². The monoisotopic (exact) mass is 246 g/mol. The molecule has 0 radical (unpaired) electrons. The third-order valence-corrected chi connectivity index (χ3v) is 2.73. The molecule has 0 saturated heterocycles. The van der Waals surface area contributed by atoms with Gasteiger partial charge in [0.25, 0.3) is 0 Å². The number of unbranched alkanes of at least 4 members (excludes halogenated alkanes) is 1. The molecule has 0 aliphatic rings. The topological polar surface area (TPSA) is 58.7 Å². The first kappa shape index (κ1) is 16.8. The van der Waals surface area contributed by atoms with Crippen molar-refractivity contribution >= 4 is 0 Å². The Hall–Kier alpha value is -0.160. The number of aliphatic hydroxyl groups excluding tert-OH is 1. The number of ether oxygens (including phenoxy) is 1. The Balaban J connectivity index is 3.68. The van der Waals surface area contributed by atoms with Gasteiger partial charge in [0.2, 0.25) is 0 Å². The van der Waals surface area contributed by atoms with E-state index in [9.17, 15) is 5.11 Å². The van der Waals surface area contributed by atoms with E-state index >= 15 is 0 Å². The van der Waals surface area contributed by atoms with E-state index in [2.05, 4.69) is 25.7 Å². The van der Waals surface area contributed by atoms with E-state index in [0.29, 0.717) is 19.7 Å². The van der Waals surface area contributed by atoms with Gasteiger partial charge in [-0.15, -0.1) is 0 Å². The first-order valence-corrected chi connectivity index (χ1v) is 6.55. The molecule has 0 aromatic heterocycles. The van der Waals surface area contributed by atoms with Gasteiger partial charge in [-0.2, -0.15) is 0 Å². The van der Waals surface area contributed by atoms with Crippen molar-refractivity contribution in [1.82, 2.24) is 4.90 Å². The summed E-state index contributed by atoms with van der Waals surface area (Å²) in [5, 5.41) is 9.79. The number of hydrogen-bond acceptors (Lipinski definition) is 4. The molecule has 0 fully saturated rings. The van der Waals surface area contributed by atoms with Crippen LogP contribution in [0, 0.1) is 5.41 Å². The second-order valence-corrected chi connectivity index (χ2v) is 5.65. The minimum absolute atomic E-state index is 0.0948.